The first-order valence-corrected chi connectivity index (χ1v) is 7.63. The van der Waals surface area contributed by atoms with Crippen molar-refractivity contribution in [1.82, 2.24) is 4.98 Å². The molecule has 3 rings (SSSR count). The van der Waals surface area contributed by atoms with Gasteiger partial charge in [-0.05, 0) is 42.0 Å². The molecule has 2 aromatic carbocycles. The molecule has 0 N–H and O–H groups in total. The molecule has 0 aliphatic carbocycles. The van der Waals surface area contributed by atoms with Crippen LogP contribution in [-0.2, 0) is 0 Å². The topological polar surface area (TPSA) is 45.9 Å². The molecule has 1 heterocycles. The van der Waals surface area contributed by atoms with E-state index in [0.29, 0.717) is 32.7 Å². The number of pyridine rings is 1. The molecule has 0 bridgehead atoms. The van der Waals surface area contributed by atoms with E-state index in [2.05, 4.69) is 20.9 Å². The van der Waals surface area contributed by atoms with E-state index in [9.17, 15) is 8.78 Å². The van der Waals surface area contributed by atoms with E-state index < -0.39 is 11.6 Å². The van der Waals surface area contributed by atoms with Gasteiger partial charge in [0.05, 0.1) is 17.8 Å². The van der Waals surface area contributed by atoms with Crippen LogP contribution in [0.4, 0.5) is 8.78 Å². The molecule has 0 aliphatic heterocycles. The predicted octanol–water partition coefficient (Wildman–Crippen LogP) is 5.45. The van der Waals surface area contributed by atoms with E-state index in [1.807, 2.05) is 6.07 Å². The first kappa shape index (κ1) is 16.1. The van der Waals surface area contributed by atoms with Gasteiger partial charge in [-0.25, -0.2) is 8.78 Å². The molecule has 6 heteroatoms. The Morgan fingerprint density at radius 2 is 1.75 bits per heavy atom. The normalized spacial score (nSPS) is 10.2. The molecule has 0 saturated carbocycles. The first-order valence-electron chi connectivity index (χ1n) is 6.84. The number of ether oxygens (including phenoxy) is 1. The van der Waals surface area contributed by atoms with Crippen molar-refractivity contribution in [2.24, 2.45) is 0 Å². The van der Waals surface area contributed by atoms with Gasteiger partial charge in [-0.15, -0.1) is 0 Å². The third kappa shape index (κ3) is 3.58. The maximum absolute atomic E-state index is 13.4. The summed E-state index contributed by atoms with van der Waals surface area (Å²) in [4.78, 5) is 4.06. The van der Waals surface area contributed by atoms with Crippen LogP contribution in [0, 0.1) is 23.0 Å². The van der Waals surface area contributed by atoms with Crippen molar-refractivity contribution in [2.75, 3.05) is 0 Å². The van der Waals surface area contributed by atoms with E-state index in [-0.39, 0.29) is 0 Å². The van der Waals surface area contributed by atoms with Crippen molar-refractivity contribution >= 4 is 15.9 Å². The van der Waals surface area contributed by atoms with Gasteiger partial charge in [0.1, 0.15) is 11.5 Å². The molecule has 1 aromatic heterocycles. The zero-order valence-corrected chi connectivity index (χ0v) is 13.7. The second-order valence-corrected chi connectivity index (χ2v) is 5.84. The smallest absolute Gasteiger partial charge is 0.159 e. The summed E-state index contributed by atoms with van der Waals surface area (Å²) in [5.74, 6) is -0.953. The van der Waals surface area contributed by atoms with Crippen molar-refractivity contribution < 1.29 is 13.5 Å². The Morgan fingerprint density at radius 1 is 0.917 bits per heavy atom. The fourth-order valence-corrected chi connectivity index (χ4v) is 2.60. The van der Waals surface area contributed by atoms with Crippen molar-refractivity contribution in [3.05, 3.63) is 76.5 Å². The molecule has 3 aromatic rings. The van der Waals surface area contributed by atoms with Crippen LogP contribution in [0.1, 0.15) is 5.56 Å². The largest absolute Gasteiger partial charge is 0.456 e. The SMILES string of the molecule is N#Cc1cc(Br)cc(Oc2cncc(-c3ccc(F)c(F)c3)c2)c1. The quantitative estimate of drug-likeness (QED) is 0.600. The molecule has 0 spiro atoms. The van der Waals surface area contributed by atoms with Crippen LogP contribution in [0.2, 0.25) is 0 Å². The average molecular weight is 387 g/mol. The minimum atomic E-state index is -0.926. The number of nitriles is 1. The summed E-state index contributed by atoms with van der Waals surface area (Å²) in [6, 6.07) is 12.3. The van der Waals surface area contributed by atoms with E-state index >= 15 is 0 Å². The standard InChI is InChI=1S/C18H9BrF2N2O/c19-14-3-11(8-22)4-15(7-14)24-16-5-13(9-23-10-16)12-1-2-17(20)18(21)6-12/h1-7,9-10H. The Hall–Kier alpha value is -2.78. The highest BCUT2D eigenvalue weighted by Crippen LogP contribution is 2.29. The monoisotopic (exact) mass is 386 g/mol. The Morgan fingerprint density at radius 3 is 2.50 bits per heavy atom. The van der Waals surface area contributed by atoms with Crippen molar-refractivity contribution in [1.29, 1.82) is 5.26 Å². The van der Waals surface area contributed by atoms with Gasteiger partial charge < -0.3 is 4.74 Å². The minimum absolute atomic E-state index is 0.416. The number of nitrogens with zero attached hydrogens (tertiary/aromatic N) is 2. The lowest BCUT2D eigenvalue weighted by atomic mass is 10.1. The van der Waals surface area contributed by atoms with Gasteiger partial charge in [0.15, 0.2) is 11.6 Å². The third-order valence-corrected chi connectivity index (χ3v) is 3.66. The zero-order chi connectivity index (χ0) is 17.1. The van der Waals surface area contributed by atoms with Crippen LogP contribution >= 0.6 is 15.9 Å². The molecule has 24 heavy (non-hydrogen) atoms. The lowest BCUT2D eigenvalue weighted by Gasteiger charge is -2.08. The Labute approximate surface area is 145 Å². The van der Waals surface area contributed by atoms with Crippen molar-refractivity contribution in [2.45, 2.75) is 0 Å². The summed E-state index contributed by atoms with van der Waals surface area (Å²) < 4.78 is 32.8. The molecule has 3 nitrogen and oxygen atoms in total. The fourth-order valence-electron chi connectivity index (χ4n) is 2.13. The molecule has 0 aliphatic rings. The minimum Gasteiger partial charge on any atom is -0.456 e. The van der Waals surface area contributed by atoms with Crippen LogP contribution in [0.15, 0.2) is 59.3 Å². The lowest BCUT2D eigenvalue weighted by Crippen LogP contribution is -1.90. The average Bonchev–Trinajstić information content (AvgIpc) is 2.57. The Kier molecular flexibility index (Phi) is 4.54. The number of aromatic nitrogens is 1. The van der Waals surface area contributed by atoms with Gasteiger partial charge in [-0.2, -0.15) is 5.26 Å². The van der Waals surface area contributed by atoms with Gasteiger partial charge in [0, 0.05) is 16.2 Å². The number of halogens is 3. The van der Waals surface area contributed by atoms with Gasteiger partial charge in [-0.1, -0.05) is 22.0 Å². The number of hydrogen-bond donors (Lipinski definition) is 0. The molecular weight excluding hydrogens is 378 g/mol. The van der Waals surface area contributed by atoms with Crippen molar-refractivity contribution in [3.8, 4) is 28.7 Å². The Bertz CT molecular complexity index is 954. The summed E-state index contributed by atoms with van der Waals surface area (Å²) in [6.07, 6.45) is 3.03. The second-order valence-electron chi connectivity index (χ2n) is 4.93. The Balaban J connectivity index is 1.92. The second kappa shape index (κ2) is 6.77. The molecule has 0 saturated heterocycles. The van der Waals surface area contributed by atoms with Crippen molar-refractivity contribution in [3.63, 3.8) is 0 Å². The van der Waals surface area contributed by atoms with Gasteiger partial charge in [-0.3, -0.25) is 4.98 Å². The highest BCUT2D eigenvalue weighted by molar-refractivity contribution is 9.10. The zero-order valence-electron chi connectivity index (χ0n) is 12.1. The number of hydrogen-bond acceptors (Lipinski definition) is 3. The third-order valence-electron chi connectivity index (χ3n) is 3.20. The lowest BCUT2D eigenvalue weighted by molar-refractivity contribution is 0.480. The molecule has 0 atom stereocenters. The van der Waals surface area contributed by atoms with Crippen LogP contribution in [0.5, 0.6) is 11.5 Å². The fraction of sp³-hybridized carbons (Fsp3) is 0. The summed E-state index contributed by atoms with van der Waals surface area (Å²) in [6.45, 7) is 0. The van der Waals surface area contributed by atoms with Gasteiger partial charge in [0.2, 0.25) is 0 Å². The molecule has 0 radical (unpaired) electrons. The first-order chi connectivity index (χ1) is 11.5. The molecule has 0 fully saturated rings. The van der Waals surface area contributed by atoms with Gasteiger partial charge in [0.25, 0.3) is 0 Å². The van der Waals surface area contributed by atoms with Crippen LogP contribution in [0.3, 0.4) is 0 Å². The van der Waals surface area contributed by atoms with E-state index in [1.165, 1.54) is 18.5 Å². The van der Waals surface area contributed by atoms with E-state index in [1.54, 1.807) is 24.3 Å². The van der Waals surface area contributed by atoms with E-state index in [0.717, 1.165) is 12.1 Å². The van der Waals surface area contributed by atoms with Crippen LogP contribution in [0.25, 0.3) is 11.1 Å². The maximum Gasteiger partial charge on any atom is 0.159 e. The molecule has 118 valence electrons. The summed E-state index contributed by atoms with van der Waals surface area (Å²) in [7, 11) is 0. The number of benzene rings is 2. The highest BCUT2D eigenvalue weighted by atomic mass is 79.9. The van der Waals surface area contributed by atoms with E-state index in [4.69, 9.17) is 10.00 Å². The predicted molar refractivity (Wildman–Crippen MR) is 88.5 cm³/mol. The summed E-state index contributed by atoms with van der Waals surface area (Å²) in [5, 5.41) is 8.99. The highest BCUT2D eigenvalue weighted by Gasteiger charge is 2.07. The molecule has 0 amide bonds. The van der Waals surface area contributed by atoms with Crippen LogP contribution < -0.4 is 4.74 Å². The summed E-state index contributed by atoms with van der Waals surface area (Å²) >= 11 is 3.31. The van der Waals surface area contributed by atoms with Gasteiger partial charge >= 0.3 is 0 Å². The number of rotatable bonds is 3. The molecular formula is C18H9BrF2N2O. The van der Waals surface area contributed by atoms with Crippen LogP contribution in [-0.4, -0.2) is 4.98 Å². The summed E-state index contributed by atoms with van der Waals surface area (Å²) in [5.41, 5.74) is 1.52. The molecule has 0 unspecified atom stereocenters. The maximum atomic E-state index is 13.4.